The van der Waals surface area contributed by atoms with Crippen molar-refractivity contribution in [3.63, 3.8) is 0 Å². The van der Waals surface area contributed by atoms with Crippen molar-refractivity contribution < 1.29 is 9.72 Å². The van der Waals surface area contributed by atoms with E-state index in [0.717, 1.165) is 4.88 Å². The molecule has 1 amide bonds. The van der Waals surface area contributed by atoms with E-state index >= 15 is 0 Å². The summed E-state index contributed by atoms with van der Waals surface area (Å²) in [7, 11) is 0. The highest BCUT2D eigenvalue weighted by molar-refractivity contribution is 7.10. The van der Waals surface area contributed by atoms with Crippen molar-refractivity contribution in [3.8, 4) is 0 Å². The zero-order valence-corrected chi connectivity index (χ0v) is 10.6. The van der Waals surface area contributed by atoms with Gasteiger partial charge in [0.2, 0.25) is 5.91 Å². The van der Waals surface area contributed by atoms with E-state index < -0.39 is 10.8 Å². The third-order valence-electron chi connectivity index (χ3n) is 2.49. The van der Waals surface area contributed by atoms with E-state index in [1.807, 2.05) is 0 Å². The lowest BCUT2D eigenvalue weighted by Crippen LogP contribution is -2.09. The normalized spacial score (nSPS) is 10.1. The maximum atomic E-state index is 11.0. The Balaban J connectivity index is 2.10. The van der Waals surface area contributed by atoms with Crippen LogP contribution in [0.25, 0.3) is 0 Å². The monoisotopic (exact) mass is 277 g/mol. The fourth-order valence-electron chi connectivity index (χ4n) is 1.57. The van der Waals surface area contributed by atoms with Crippen molar-refractivity contribution >= 4 is 28.6 Å². The van der Waals surface area contributed by atoms with E-state index in [0.29, 0.717) is 17.8 Å². The van der Waals surface area contributed by atoms with E-state index in [9.17, 15) is 14.9 Å². The summed E-state index contributed by atoms with van der Waals surface area (Å²) in [5.41, 5.74) is 6.07. The van der Waals surface area contributed by atoms with Crippen LogP contribution in [0.2, 0.25) is 0 Å². The van der Waals surface area contributed by atoms with Crippen molar-refractivity contribution in [2.75, 3.05) is 5.32 Å². The summed E-state index contributed by atoms with van der Waals surface area (Å²) in [4.78, 5) is 22.2. The van der Waals surface area contributed by atoms with Gasteiger partial charge in [0.1, 0.15) is 5.69 Å². The van der Waals surface area contributed by atoms with Crippen LogP contribution in [-0.2, 0) is 6.54 Å². The van der Waals surface area contributed by atoms with Crippen molar-refractivity contribution in [2.45, 2.75) is 6.54 Å². The van der Waals surface area contributed by atoms with Gasteiger partial charge in [-0.05, 0) is 12.1 Å². The number of benzene rings is 1. The molecule has 0 bridgehead atoms. The Morgan fingerprint density at radius 3 is 2.79 bits per heavy atom. The molecule has 3 N–H and O–H groups in total. The molecule has 1 aromatic carbocycles. The van der Waals surface area contributed by atoms with Gasteiger partial charge in [-0.1, -0.05) is 12.1 Å². The minimum absolute atomic E-state index is 0.0224. The second-order valence-electron chi connectivity index (χ2n) is 3.79. The summed E-state index contributed by atoms with van der Waals surface area (Å²) < 4.78 is 0. The van der Waals surface area contributed by atoms with Crippen molar-refractivity contribution in [2.24, 2.45) is 5.73 Å². The SMILES string of the molecule is NC(=O)c1csc(CNc2ccccc2[N+](=O)[O-])c1. The third-order valence-corrected chi connectivity index (χ3v) is 3.43. The first-order chi connectivity index (χ1) is 9.08. The second-order valence-corrected chi connectivity index (χ2v) is 4.79. The Kier molecular flexibility index (Phi) is 3.76. The zero-order chi connectivity index (χ0) is 13.8. The van der Waals surface area contributed by atoms with Gasteiger partial charge >= 0.3 is 0 Å². The van der Waals surface area contributed by atoms with Crippen LogP contribution in [0.3, 0.4) is 0 Å². The number of thiophene rings is 1. The Labute approximate surface area is 113 Å². The van der Waals surface area contributed by atoms with Crippen LogP contribution in [0.15, 0.2) is 35.7 Å². The van der Waals surface area contributed by atoms with Gasteiger partial charge in [0.05, 0.1) is 10.5 Å². The topological polar surface area (TPSA) is 98.3 Å². The van der Waals surface area contributed by atoms with E-state index in [1.165, 1.54) is 17.4 Å². The number of hydrogen-bond acceptors (Lipinski definition) is 5. The molecule has 0 saturated heterocycles. The van der Waals surface area contributed by atoms with Crippen LogP contribution < -0.4 is 11.1 Å². The van der Waals surface area contributed by atoms with E-state index in [1.54, 1.807) is 29.6 Å². The Bertz CT molecular complexity index is 624. The summed E-state index contributed by atoms with van der Waals surface area (Å²) in [6, 6.07) is 8.08. The molecular formula is C12H11N3O3S. The summed E-state index contributed by atoms with van der Waals surface area (Å²) in [5, 5.41) is 15.5. The number of nitrogens with two attached hydrogens (primary N) is 1. The van der Waals surface area contributed by atoms with Gasteiger partial charge in [-0.3, -0.25) is 14.9 Å². The van der Waals surface area contributed by atoms with Gasteiger partial charge in [-0.25, -0.2) is 0 Å². The van der Waals surface area contributed by atoms with Crippen LogP contribution in [-0.4, -0.2) is 10.8 Å². The van der Waals surface area contributed by atoms with Crippen LogP contribution in [0, 0.1) is 10.1 Å². The predicted molar refractivity (Wildman–Crippen MR) is 73.3 cm³/mol. The summed E-state index contributed by atoms with van der Waals surface area (Å²) >= 11 is 1.38. The van der Waals surface area contributed by atoms with Crippen LogP contribution in [0.1, 0.15) is 15.2 Å². The summed E-state index contributed by atoms with van der Waals surface area (Å²) in [6.07, 6.45) is 0. The highest BCUT2D eigenvalue weighted by Crippen LogP contribution is 2.24. The van der Waals surface area contributed by atoms with E-state index in [2.05, 4.69) is 5.32 Å². The number of nitrogens with one attached hydrogen (secondary N) is 1. The van der Waals surface area contributed by atoms with Gasteiger partial charge < -0.3 is 11.1 Å². The lowest BCUT2D eigenvalue weighted by Gasteiger charge is -2.05. The van der Waals surface area contributed by atoms with Crippen molar-refractivity contribution in [3.05, 3.63) is 56.3 Å². The molecule has 0 aliphatic heterocycles. The van der Waals surface area contributed by atoms with E-state index in [4.69, 9.17) is 5.73 Å². The standard InChI is InChI=1S/C12H11N3O3S/c13-12(16)8-5-9(19-7-8)6-14-10-3-1-2-4-11(10)15(17)18/h1-5,7,14H,6H2,(H2,13,16). The molecule has 1 heterocycles. The molecule has 98 valence electrons. The van der Waals surface area contributed by atoms with Gasteiger partial charge in [-0.2, -0.15) is 0 Å². The Hall–Kier alpha value is -2.41. The van der Waals surface area contributed by atoms with E-state index in [-0.39, 0.29) is 5.69 Å². The molecule has 0 radical (unpaired) electrons. The Morgan fingerprint density at radius 1 is 1.42 bits per heavy atom. The smallest absolute Gasteiger partial charge is 0.292 e. The molecule has 19 heavy (non-hydrogen) atoms. The van der Waals surface area contributed by atoms with Crippen LogP contribution in [0.5, 0.6) is 0 Å². The van der Waals surface area contributed by atoms with Crippen LogP contribution in [0.4, 0.5) is 11.4 Å². The highest BCUT2D eigenvalue weighted by atomic mass is 32.1. The maximum absolute atomic E-state index is 11.0. The average Bonchev–Trinajstić information content (AvgIpc) is 2.85. The molecule has 0 fully saturated rings. The summed E-state index contributed by atoms with van der Waals surface area (Å²) in [6.45, 7) is 0.406. The second kappa shape index (κ2) is 5.49. The fraction of sp³-hybridized carbons (Fsp3) is 0.0833. The lowest BCUT2D eigenvalue weighted by molar-refractivity contribution is -0.384. The number of hydrogen-bond donors (Lipinski definition) is 2. The first-order valence-corrected chi connectivity index (χ1v) is 6.30. The molecule has 0 unspecified atom stereocenters. The molecule has 2 aromatic rings. The van der Waals surface area contributed by atoms with Crippen molar-refractivity contribution in [1.29, 1.82) is 0 Å². The third kappa shape index (κ3) is 3.08. The molecular weight excluding hydrogens is 266 g/mol. The molecule has 6 nitrogen and oxygen atoms in total. The number of anilines is 1. The molecule has 0 aliphatic carbocycles. The first kappa shape index (κ1) is 13.0. The Morgan fingerprint density at radius 2 is 2.16 bits per heavy atom. The number of carbonyl (C=O) groups is 1. The summed E-state index contributed by atoms with van der Waals surface area (Å²) in [5.74, 6) is -0.479. The zero-order valence-electron chi connectivity index (χ0n) is 9.83. The number of para-hydroxylation sites is 2. The highest BCUT2D eigenvalue weighted by Gasteiger charge is 2.12. The number of nitro benzene ring substituents is 1. The maximum Gasteiger partial charge on any atom is 0.292 e. The fourth-order valence-corrected chi connectivity index (χ4v) is 2.38. The number of nitro groups is 1. The molecule has 1 aromatic heterocycles. The molecule has 0 saturated carbocycles. The molecule has 7 heteroatoms. The lowest BCUT2D eigenvalue weighted by atomic mass is 10.2. The first-order valence-electron chi connectivity index (χ1n) is 5.42. The number of nitrogens with zero attached hydrogens (tertiary/aromatic N) is 1. The van der Waals surface area contributed by atoms with Gasteiger partial charge in [0, 0.05) is 22.9 Å². The number of amides is 1. The largest absolute Gasteiger partial charge is 0.375 e. The molecule has 2 rings (SSSR count). The molecule has 0 atom stereocenters. The number of carbonyl (C=O) groups excluding carboxylic acids is 1. The quantitative estimate of drug-likeness (QED) is 0.647. The van der Waals surface area contributed by atoms with Crippen LogP contribution >= 0.6 is 11.3 Å². The predicted octanol–water partition coefficient (Wildman–Crippen LogP) is 2.37. The van der Waals surface area contributed by atoms with Gasteiger partial charge in [0.15, 0.2) is 0 Å². The minimum atomic E-state index is -0.479. The van der Waals surface area contributed by atoms with Crippen molar-refractivity contribution in [1.82, 2.24) is 0 Å². The average molecular weight is 277 g/mol. The molecule has 0 aliphatic rings. The number of rotatable bonds is 5. The molecule has 0 spiro atoms. The van der Waals surface area contributed by atoms with Gasteiger partial charge in [0.25, 0.3) is 5.69 Å². The van der Waals surface area contributed by atoms with Gasteiger partial charge in [-0.15, -0.1) is 11.3 Å². The minimum Gasteiger partial charge on any atom is -0.375 e. The number of primary amides is 1.